The minimum absolute atomic E-state index is 0.0371. The van der Waals surface area contributed by atoms with E-state index in [0.717, 1.165) is 10.9 Å². The summed E-state index contributed by atoms with van der Waals surface area (Å²) in [5, 5.41) is 10.4. The molecule has 1 amide bonds. The first-order valence-electron chi connectivity index (χ1n) is 4.47. The third kappa shape index (κ3) is 4.02. The lowest BCUT2D eigenvalue weighted by molar-refractivity contribution is -0.128. The molecule has 0 aliphatic heterocycles. The van der Waals surface area contributed by atoms with Crippen molar-refractivity contribution < 1.29 is 4.79 Å². The largest absolute Gasteiger partial charge is 0.345 e. The Balaban J connectivity index is 2.37. The molecule has 0 bridgehead atoms. The van der Waals surface area contributed by atoms with Gasteiger partial charge in [-0.15, -0.1) is 11.3 Å². The molecule has 15 heavy (non-hydrogen) atoms. The fourth-order valence-corrected chi connectivity index (χ4v) is 2.53. The summed E-state index contributed by atoms with van der Waals surface area (Å²) in [7, 11) is 1.72. The van der Waals surface area contributed by atoms with Gasteiger partial charge in [-0.2, -0.15) is 5.26 Å². The van der Waals surface area contributed by atoms with Gasteiger partial charge in [-0.3, -0.25) is 4.79 Å². The Kier molecular flexibility index (Phi) is 4.79. The molecule has 0 aromatic carbocycles. The average molecular weight is 287 g/mol. The van der Waals surface area contributed by atoms with Gasteiger partial charge in [0, 0.05) is 28.3 Å². The lowest BCUT2D eigenvalue weighted by Crippen LogP contribution is -2.28. The summed E-state index contributed by atoms with van der Waals surface area (Å²) in [4.78, 5) is 14.1. The van der Waals surface area contributed by atoms with Gasteiger partial charge in [-0.05, 0) is 28.4 Å². The van der Waals surface area contributed by atoms with Gasteiger partial charge in [-0.1, -0.05) is 0 Å². The lowest BCUT2D eigenvalue weighted by atomic mass is 10.3. The Morgan fingerprint density at radius 1 is 1.73 bits per heavy atom. The Bertz CT molecular complexity index is 383. The molecule has 1 aromatic rings. The van der Waals surface area contributed by atoms with E-state index < -0.39 is 0 Å². The van der Waals surface area contributed by atoms with Crippen LogP contribution < -0.4 is 0 Å². The van der Waals surface area contributed by atoms with Crippen molar-refractivity contribution in [2.45, 2.75) is 12.8 Å². The van der Waals surface area contributed by atoms with Gasteiger partial charge in [0.25, 0.3) is 0 Å². The zero-order valence-electron chi connectivity index (χ0n) is 8.36. The molecule has 0 fully saturated rings. The van der Waals surface area contributed by atoms with Crippen molar-refractivity contribution in [3.63, 3.8) is 0 Å². The second-order valence-electron chi connectivity index (χ2n) is 3.13. The quantitative estimate of drug-likeness (QED) is 0.853. The zero-order valence-corrected chi connectivity index (χ0v) is 10.8. The molecule has 0 aliphatic rings. The molecular weight excluding hydrogens is 276 g/mol. The number of nitrogens with zero attached hydrogens (tertiary/aromatic N) is 2. The third-order valence-electron chi connectivity index (χ3n) is 1.97. The molecule has 0 saturated carbocycles. The van der Waals surface area contributed by atoms with Gasteiger partial charge in [-0.25, -0.2) is 0 Å². The SMILES string of the molecule is CN(CCc1cc(Br)cs1)C(=O)CC#N. The van der Waals surface area contributed by atoms with E-state index in [0.29, 0.717) is 6.54 Å². The summed E-state index contributed by atoms with van der Waals surface area (Å²) in [6.07, 6.45) is 0.800. The fraction of sp³-hybridized carbons (Fsp3) is 0.400. The number of carbonyl (C=O) groups is 1. The number of thiophene rings is 1. The molecule has 0 spiro atoms. The van der Waals surface area contributed by atoms with Crippen LogP contribution in [0.5, 0.6) is 0 Å². The first-order chi connectivity index (χ1) is 7.13. The zero-order chi connectivity index (χ0) is 11.3. The fourth-order valence-electron chi connectivity index (χ4n) is 1.09. The maximum absolute atomic E-state index is 11.3. The number of halogens is 1. The molecule has 0 N–H and O–H groups in total. The molecule has 0 saturated heterocycles. The van der Waals surface area contributed by atoms with Crippen molar-refractivity contribution in [2.24, 2.45) is 0 Å². The van der Waals surface area contributed by atoms with Gasteiger partial charge in [0.05, 0.1) is 6.07 Å². The predicted molar refractivity (Wildman–Crippen MR) is 63.6 cm³/mol. The van der Waals surface area contributed by atoms with Crippen LogP contribution in [0.15, 0.2) is 15.9 Å². The molecule has 1 heterocycles. The Labute approximate surface area is 101 Å². The first kappa shape index (κ1) is 12.2. The highest BCUT2D eigenvalue weighted by Gasteiger charge is 2.08. The number of rotatable bonds is 4. The van der Waals surface area contributed by atoms with E-state index in [1.165, 1.54) is 4.88 Å². The molecule has 0 unspecified atom stereocenters. The normalized spacial score (nSPS) is 9.67. The molecule has 1 rings (SSSR count). The highest BCUT2D eigenvalue weighted by atomic mass is 79.9. The molecule has 80 valence electrons. The van der Waals surface area contributed by atoms with E-state index >= 15 is 0 Å². The molecule has 0 aliphatic carbocycles. The highest BCUT2D eigenvalue weighted by Crippen LogP contribution is 2.20. The van der Waals surface area contributed by atoms with Gasteiger partial charge < -0.3 is 4.90 Å². The van der Waals surface area contributed by atoms with Crippen LogP contribution >= 0.6 is 27.3 Å². The second-order valence-corrected chi connectivity index (χ2v) is 5.04. The lowest BCUT2D eigenvalue weighted by Gasteiger charge is -2.14. The Morgan fingerprint density at radius 3 is 3.00 bits per heavy atom. The van der Waals surface area contributed by atoms with Crippen molar-refractivity contribution in [1.29, 1.82) is 5.26 Å². The van der Waals surface area contributed by atoms with Gasteiger partial charge in [0.1, 0.15) is 6.42 Å². The number of likely N-dealkylation sites (N-methyl/N-ethyl adjacent to an activating group) is 1. The summed E-state index contributed by atoms with van der Waals surface area (Å²) in [6.45, 7) is 0.660. The van der Waals surface area contributed by atoms with Crippen LogP contribution in [0.2, 0.25) is 0 Å². The van der Waals surface area contributed by atoms with E-state index in [2.05, 4.69) is 15.9 Å². The first-order valence-corrected chi connectivity index (χ1v) is 6.14. The number of carbonyl (C=O) groups excluding carboxylic acids is 1. The van der Waals surface area contributed by atoms with Crippen LogP contribution in [0.4, 0.5) is 0 Å². The Morgan fingerprint density at radius 2 is 2.47 bits per heavy atom. The van der Waals surface area contributed by atoms with Crippen LogP contribution in [-0.4, -0.2) is 24.4 Å². The van der Waals surface area contributed by atoms with Crippen molar-refractivity contribution >= 4 is 33.2 Å². The summed E-state index contributed by atoms with van der Waals surface area (Å²) >= 11 is 5.05. The average Bonchev–Trinajstić information content (AvgIpc) is 2.61. The highest BCUT2D eigenvalue weighted by molar-refractivity contribution is 9.10. The van der Waals surface area contributed by atoms with E-state index in [9.17, 15) is 4.79 Å². The summed E-state index contributed by atoms with van der Waals surface area (Å²) in [6, 6.07) is 3.90. The van der Waals surface area contributed by atoms with Gasteiger partial charge in [0.2, 0.25) is 5.91 Å². The minimum atomic E-state index is -0.117. The van der Waals surface area contributed by atoms with Crippen molar-refractivity contribution in [1.82, 2.24) is 4.90 Å². The topological polar surface area (TPSA) is 44.1 Å². The summed E-state index contributed by atoms with van der Waals surface area (Å²) < 4.78 is 1.08. The molecule has 1 aromatic heterocycles. The summed E-state index contributed by atoms with van der Waals surface area (Å²) in [5.41, 5.74) is 0. The predicted octanol–water partition coefficient (Wildman–Crippen LogP) is 2.43. The Hall–Kier alpha value is -0.860. The number of nitriles is 1. The molecule has 5 heteroatoms. The second kappa shape index (κ2) is 5.89. The van der Waals surface area contributed by atoms with Gasteiger partial charge >= 0.3 is 0 Å². The maximum atomic E-state index is 11.3. The molecule has 3 nitrogen and oxygen atoms in total. The van der Waals surface area contributed by atoms with E-state index in [4.69, 9.17) is 5.26 Å². The number of hydrogen-bond acceptors (Lipinski definition) is 3. The maximum Gasteiger partial charge on any atom is 0.236 e. The van der Waals surface area contributed by atoms with Crippen LogP contribution in [0.3, 0.4) is 0 Å². The number of amides is 1. The summed E-state index contributed by atoms with van der Waals surface area (Å²) in [5.74, 6) is -0.117. The van der Waals surface area contributed by atoms with Crippen LogP contribution in [0, 0.1) is 11.3 Å². The van der Waals surface area contributed by atoms with Crippen LogP contribution in [0.25, 0.3) is 0 Å². The molecular formula is C10H11BrN2OS. The van der Waals surface area contributed by atoms with E-state index in [-0.39, 0.29) is 12.3 Å². The van der Waals surface area contributed by atoms with Crippen LogP contribution in [-0.2, 0) is 11.2 Å². The monoisotopic (exact) mass is 286 g/mol. The smallest absolute Gasteiger partial charge is 0.236 e. The standard InChI is InChI=1S/C10H11BrN2OS/c1-13(10(14)2-4-12)5-3-9-6-8(11)7-15-9/h6-7H,2-3,5H2,1H3. The molecule has 0 atom stereocenters. The van der Waals surface area contributed by atoms with Crippen molar-refractivity contribution in [3.05, 3.63) is 20.8 Å². The number of hydrogen-bond donors (Lipinski definition) is 0. The van der Waals surface area contributed by atoms with E-state index in [1.807, 2.05) is 17.5 Å². The van der Waals surface area contributed by atoms with Crippen molar-refractivity contribution in [3.8, 4) is 6.07 Å². The van der Waals surface area contributed by atoms with Crippen molar-refractivity contribution in [2.75, 3.05) is 13.6 Å². The third-order valence-corrected chi connectivity index (χ3v) is 3.73. The minimum Gasteiger partial charge on any atom is -0.345 e. The molecule has 0 radical (unpaired) electrons. The van der Waals surface area contributed by atoms with Crippen LogP contribution in [0.1, 0.15) is 11.3 Å². The van der Waals surface area contributed by atoms with Gasteiger partial charge in [0.15, 0.2) is 0 Å². The van der Waals surface area contributed by atoms with E-state index in [1.54, 1.807) is 23.3 Å².